The Balaban J connectivity index is 1.56. The number of amides is 3. The van der Waals surface area contributed by atoms with E-state index in [9.17, 15) is 33.9 Å². The molecule has 3 amide bonds. The molecule has 2 aromatic carbocycles. The van der Waals surface area contributed by atoms with Crippen molar-refractivity contribution in [3.8, 4) is 0 Å². The van der Waals surface area contributed by atoms with Gasteiger partial charge >= 0.3 is 23.7 Å². The summed E-state index contributed by atoms with van der Waals surface area (Å²) in [5.74, 6) is -4.53. The largest absolute Gasteiger partial charge is 0.481 e. The van der Waals surface area contributed by atoms with Crippen LogP contribution in [0.1, 0.15) is 41.6 Å². The molecule has 216 valence electrons. The molecule has 0 saturated heterocycles. The number of ether oxygens (including phenoxy) is 1. The monoisotopic (exact) mass is 567 g/mol. The molecule has 1 aromatic heterocycles. The third-order valence-corrected chi connectivity index (χ3v) is 5.91. The molecule has 3 rings (SSSR count). The highest BCUT2D eigenvalue weighted by Gasteiger charge is 2.28. The lowest BCUT2D eigenvalue weighted by Gasteiger charge is -2.21. The predicted octanol–water partition coefficient (Wildman–Crippen LogP) is 2.03. The molecular weight excluding hydrogens is 538 g/mol. The van der Waals surface area contributed by atoms with Crippen LogP contribution >= 0.6 is 0 Å². The maximum atomic E-state index is 12.8. The number of hydrogen-bond donors (Lipinski definition) is 5. The third-order valence-electron chi connectivity index (χ3n) is 5.91. The molecule has 41 heavy (non-hydrogen) atoms. The first kappa shape index (κ1) is 30.3. The second-order valence-electron chi connectivity index (χ2n) is 8.99. The van der Waals surface area contributed by atoms with E-state index in [1.807, 2.05) is 0 Å². The molecule has 13 heteroatoms. The molecule has 3 aromatic rings. The minimum atomic E-state index is -1.71. The lowest BCUT2D eigenvalue weighted by atomic mass is 10.1. The lowest BCUT2D eigenvalue weighted by Crippen LogP contribution is -2.52. The van der Waals surface area contributed by atoms with Crippen LogP contribution in [0.25, 0.3) is 11.0 Å². The van der Waals surface area contributed by atoms with E-state index in [4.69, 9.17) is 14.3 Å². The third kappa shape index (κ3) is 9.49. The van der Waals surface area contributed by atoms with Gasteiger partial charge in [0.15, 0.2) is 0 Å². The van der Waals surface area contributed by atoms with Gasteiger partial charge < -0.3 is 35.3 Å². The second-order valence-corrected chi connectivity index (χ2v) is 8.99. The van der Waals surface area contributed by atoms with E-state index < -0.39 is 54.0 Å². The molecule has 1 heterocycles. The normalized spacial score (nSPS) is 12.1. The van der Waals surface area contributed by atoms with E-state index >= 15 is 0 Å². The molecule has 0 spiro atoms. The molecule has 0 saturated carbocycles. The topological polar surface area (TPSA) is 201 Å². The van der Waals surface area contributed by atoms with Gasteiger partial charge in [0.05, 0.1) is 6.42 Å². The highest BCUT2D eigenvalue weighted by Crippen LogP contribution is 2.12. The molecule has 0 aliphatic rings. The van der Waals surface area contributed by atoms with Crippen molar-refractivity contribution in [2.45, 2.75) is 44.4 Å². The average molecular weight is 568 g/mol. The van der Waals surface area contributed by atoms with E-state index in [2.05, 4.69) is 16.0 Å². The van der Waals surface area contributed by atoms with Crippen LogP contribution in [0.5, 0.6) is 0 Å². The molecule has 0 bridgehead atoms. The summed E-state index contributed by atoms with van der Waals surface area (Å²) in [6.07, 6.45) is -1.18. The quantitative estimate of drug-likeness (QED) is 0.142. The number of aliphatic carboxylic acids is 2. The number of unbranched alkanes of at least 4 members (excludes halogenated alkanes) is 1. The van der Waals surface area contributed by atoms with Crippen LogP contribution in [0.4, 0.5) is 4.79 Å². The second kappa shape index (κ2) is 14.8. The summed E-state index contributed by atoms with van der Waals surface area (Å²) in [6.45, 7) is 0.0429. The van der Waals surface area contributed by atoms with E-state index in [0.717, 1.165) is 0 Å². The van der Waals surface area contributed by atoms with E-state index in [0.29, 0.717) is 23.0 Å². The summed E-state index contributed by atoms with van der Waals surface area (Å²) < 4.78 is 10.3. The SMILES string of the molecule is O=C(O)C[C@H](NC(=O)[C@H](CCCCNC(=O)c1cc2ccccc2oc1=O)NC(=O)OCc1ccccc1)C(=O)O. The summed E-state index contributed by atoms with van der Waals surface area (Å²) in [5.41, 5.74) is 0.0984. The number of alkyl carbamates (subject to hydrolysis) is 1. The minimum Gasteiger partial charge on any atom is -0.481 e. The number of fused-ring (bicyclic) bond motifs is 1. The van der Waals surface area contributed by atoms with Gasteiger partial charge in [0, 0.05) is 11.9 Å². The Hall–Kier alpha value is -5.20. The van der Waals surface area contributed by atoms with Crippen molar-refractivity contribution in [2.75, 3.05) is 6.54 Å². The Bertz CT molecular complexity index is 1450. The highest BCUT2D eigenvalue weighted by molar-refractivity contribution is 5.96. The Morgan fingerprint density at radius 1 is 0.878 bits per heavy atom. The Labute approximate surface area is 233 Å². The Morgan fingerprint density at radius 3 is 2.29 bits per heavy atom. The van der Waals surface area contributed by atoms with Crippen LogP contribution in [-0.2, 0) is 25.7 Å². The zero-order chi connectivity index (χ0) is 29.8. The molecule has 0 unspecified atom stereocenters. The van der Waals surface area contributed by atoms with E-state index in [-0.39, 0.29) is 31.6 Å². The van der Waals surface area contributed by atoms with Crippen LogP contribution in [0.2, 0.25) is 0 Å². The van der Waals surface area contributed by atoms with E-state index in [1.165, 1.54) is 6.07 Å². The van der Waals surface area contributed by atoms with Crippen molar-refractivity contribution in [3.05, 3.63) is 82.2 Å². The van der Waals surface area contributed by atoms with Gasteiger partial charge in [-0.2, -0.15) is 0 Å². The Morgan fingerprint density at radius 2 is 1.59 bits per heavy atom. The number of nitrogens with one attached hydrogen (secondary N) is 3. The van der Waals surface area contributed by atoms with Crippen molar-refractivity contribution in [1.29, 1.82) is 0 Å². The number of rotatable bonds is 14. The summed E-state index contributed by atoms with van der Waals surface area (Å²) >= 11 is 0. The number of benzene rings is 2. The van der Waals surface area contributed by atoms with Crippen molar-refractivity contribution in [3.63, 3.8) is 0 Å². The smallest absolute Gasteiger partial charge is 0.408 e. The number of carbonyl (C=O) groups excluding carboxylic acids is 3. The zero-order valence-corrected chi connectivity index (χ0v) is 21.8. The fourth-order valence-electron chi connectivity index (χ4n) is 3.81. The first-order chi connectivity index (χ1) is 19.6. The summed E-state index contributed by atoms with van der Waals surface area (Å²) in [5, 5.41) is 25.9. The van der Waals surface area contributed by atoms with Gasteiger partial charge in [-0.1, -0.05) is 48.5 Å². The number of carboxylic acids is 2. The average Bonchev–Trinajstić information content (AvgIpc) is 2.94. The fraction of sp³-hybridized carbons (Fsp3) is 0.286. The van der Waals surface area contributed by atoms with Gasteiger partial charge in [-0.3, -0.25) is 14.4 Å². The molecular formula is C28H29N3O10. The molecule has 5 N–H and O–H groups in total. The number of hydrogen-bond acceptors (Lipinski definition) is 8. The van der Waals surface area contributed by atoms with Gasteiger partial charge in [-0.05, 0) is 37.0 Å². The van der Waals surface area contributed by atoms with Gasteiger partial charge in [-0.15, -0.1) is 0 Å². The highest BCUT2D eigenvalue weighted by atomic mass is 16.5. The molecule has 13 nitrogen and oxygen atoms in total. The fourth-order valence-corrected chi connectivity index (χ4v) is 3.81. The van der Waals surface area contributed by atoms with Crippen LogP contribution in [0, 0.1) is 0 Å². The number of carbonyl (C=O) groups is 5. The maximum Gasteiger partial charge on any atom is 0.408 e. The summed E-state index contributed by atoms with van der Waals surface area (Å²) in [6, 6.07) is 14.0. The van der Waals surface area contributed by atoms with Crippen LogP contribution in [0.3, 0.4) is 0 Å². The van der Waals surface area contributed by atoms with Crippen molar-refractivity contribution < 1.29 is 43.3 Å². The van der Waals surface area contributed by atoms with Gasteiger partial charge in [0.2, 0.25) is 5.91 Å². The van der Waals surface area contributed by atoms with Crippen LogP contribution in [0.15, 0.2) is 69.9 Å². The summed E-state index contributed by atoms with van der Waals surface area (Å²) in [7, 11) is 0. The molecule has 2 atom stereocenters. The van der Waals surface area contributed by atoms with Gasteiger partial charge in [0.1, 0.15) is 29.8 Å². The summed E-state index contributed by atoms with van der Waals surface area (Å²) in [4.78, 5) is 72.2. The minimum absolute atomic E-state index is 0.0136. The first-order valence-electron chi connectivity index (χ1n) is 12.7. The number of carboxylic acid groups (broad SMARTS) is 2. The van der Waals surface area contributed by atoms with Crippen LogP contribution in [-0.4, -0.2) is 58.7 Å². The van der Waals surface area contributed by atoms with Crippen molar-refractivity contribution >= 4 is 40.8 Å². The maximum absolute atomic E-state index is 12.8. The number of para-hydroxylation sites is 1. The lowest BCUT2D eigenvalue weighted by molar-refractivity contribution is -0.147. The van der Waals surface area contributed by atoms with Gasteiger partial charge in [0.25, 0.3) is 5.91 Å². The Kier molecular flexibility index (Phi) is 11.0. The zero-order valence-electron chi connectivity index (χ0n) is 21.8. The molecule has 0 aliphatic heterocycles. The first-order valence-corrected chi connectivity index (χ1v) is 12.7. The molecule has 0 radical (unpaired) electrons. The standard InChI is InChI=1S/C28H29N3O10/c32-23(33)15-21(26(36)37)30-25(35)20(31-28(39)40-16-17-8-2-1-3-9-17)11-6-7-13-29-24(34)19-14-18-10-4-5-12-22(18)41-27(19)38/h1-5,8-10,12,14,20-21H,6-7,11,13,15-16H2,(H,29,34)(H,30,35)(H,31,39)(H,32,33)(H,36,37)/t20-,21-/m0/s1. The molecule has 0 fully saturated rings. The van der Waals surface area contributed by atoms with Crippen molar-refractivity contribution in [1.82, 2.24) is 16.0 Å². The van der Waals surface area contributed by atoms with Crippen LogP contribution < -0.4 is 21.6 Å². The van der Waals surface area contributed by atoms with Crippen molar-refractivity contribution in [2.24, 2.45) is 0 Å². The van der Waals surface area contributed by atoms with E-state index in [1.54, 1.807) is 54.6 Å². The van der Waals surface area contributed by atoms with Gasteiger partial charge in [-0.25, -0.2) is 14.4 Å². The predicted molar refractivity (Wildman–Crippen MR) is 144 cm³/mol. The molecule has 0 aliphatic carbocycles.